The monoisotopic (exact) mass is 395 g/mol. The number of hydrogen-bond donors (Lipinski definition) is 3. The zero-order valence-electron chi connectivity index (χ0n) is 14.0. The van der Waals surface area contributed by atoms with E-state index in [0.29, 0.717) is 10.6 Å². The van der Waals surface area contributed by atoms with E-state index in [1.165, 1.54) is 24.3 Å². The molecule has 0 spiro atoms. The first-order valence-electron chi connectivity index (χ1n) is 7.69. The standard InChI is InChI=1S/C17H18ClN3O4S/c1-12-4-2-3-5-15(12)17(23)21-20-16(22)10-11-19-26(24,25)14-8-6-13(18)7-9-14/h2-9,19H,10-11H2,1H3,(H,20,22)(H,21,23). The zero-order chi connectivity index (χ0) is 19.2. The predicted molar refractivity (Wildman–Crippen MR) is 98.0 cm³/mol. The lowest BCUT2D eigenvalue weighted by atomic mass is 10.1. The van der Waals surface area contributed by atoms with E-state index in [-0.39, 0.29) is 17.9 Å². The van der Waals surface area contributed by atoms with Gasteiger partial charge in [-0.25, -0.2) is 13.1 Å². The molecule has 0 fully saturated rings. The maximum absolute atomic E-state index is 12.1. The molecule has 0 saturated carbocycles. The van der Waals surface area contributed by atoms with Gasteiger partial charge in [0.05, 0.1) is 4.90 Å². The number of benzene rings is 2. The molecule has 2 aromatic rings. The summed E-state index contributed by atoms with van der Waals surface area (Å²) in [7, 11) is -3.73. The number of amides is 2. The highest BCUT2D eigenvalue weighted by molar-refractivity contribution is 7.89. The lowest BCUT2D eigenvalue weighted by molar-refractivity contribution is -0.121. The van der Waals surface area contributed by atoms with Gasteiger partial charge in [-0.05, 0) is 42.8 Å². The van der Waals surface area contributed by atoms with E-state index in [4.69, 9.17) is 11.6 Å². The molecule has 26 heavy (non-hydrogen) atoms. The van der Waals surface area contributed by atoms with Crippen LogP contribution in [0, 0.1) is 6.92 Å². The molecule has 0 aliphatic rings. The van der Waals surface area contributed by atoms with Crippen LogP contribution in [-0.2, 0) is 14.8 Å². The smallest absolute Gasteiger partial charge is 0.269 e. The minimum absolute atomic E-state index is 0.0511. The Morgan fingerprint density at radius 1 is 1.00 bits per heavy atom. The second-order valence-corrected chi connectivity index (χ2v) is 7.62. The van der Waals surface area contributed by atoms with Gasteiger partial charge in [0.15, 0.2) is 0 Å². The number of nitrogens with one attached hydrogen (secondary N) is 3. The third-order valence-corrected chi connectivity index (χ3v) is 5.20. The van der Waals surface area contributed by atoms with Crippen LogP contribution >= 0.6 is 11.6 Å². The minimum atomic E-state index is -3.73. The van der Waals surface area contributed by atoms with Crippen molar-refractivity contribution in [3.63, 3.8) is 0 Å². The molecule has 0 aliphatic heterocycles. The Balaban J connectivity index is 1.79. The molecule has 2 amide bonds. The van der Waals surface area contributed by atoms with Crippen LogP contribution in [0.5, 0.6) is 0 Å². The second-order valence-electron chi connectivity index (χ2n) is 5.42. The Morgan fingerprint density at radius 2 is 1.65 bits per heavy atom. The predicted octanol–water partition coefficient (Wildman–Crippen LogP) is 1.78. The van der Waals surface area contributed by atoms with Crippen LogP contribution in [0.3, 0.4) is 0 Å². The summed E-state index contributed by atoms with van der Waals surface area (Å²) in [6.07, 6.45) is -0.138. The van der Waals surface area contributed by atoms with Crippen molar-refractivity contribution < 1.29 is 18.0 Å². The highest BCUT2D eigenvalue weighted by Crippen LogP contribution is 2.13. The van der Waals surface area contributed by atoms with Crippen molar-refractivity contribution in [2.45, 2.75) is 18.2 Å². The van der Waals surface area contributed by atoms with Crippen LogP contribution in [0.15, 0.2) is 53.4 Å². The molecule has 9 heteroatoms. The Labute approximate surface area is 156 Å². The van der Waals surface area contributed by atoms with Crippen molar-refractivity contribution >= 4 is 33.4 Å². The summed E-state index contributed by atoms with van der Waals surface area (Å²) in [5.41, 5.74) is 5.76. The first-order chi connectivity index (χ1) is 12.3. The summed E-state index contributed by atoms with van der Waals surface area (Å²) >= 11 is 5.72. The average molecular weight is 396 g/mol. The first-order valence-corrected chi connectivity index (χ1v) is 9.56. The maximum atomic E-state index is 12.1. The number of hydrogen-bond acceptors (Lipinski definition) is 4. The Morgan fingerprint density at radius 3 is 2.31 bits per heavy atom. The molecule has 0 atom stereocenters. The van der Waals surface area contributed by atoms with Crippen molar-refractivity contribution in [3.05, 3.63) is 64.7 Å². The normalized spacial score (nSPS) is 11.0. The molecule has 138 valence electrons. The summed E-state index contributed by atoms with van der Waals surface area (Å²) in [6.45, 7) is 1.67. The number of carbonyl (C=O) groups excluding carboxylic acids is 2. The molecule has 0 saturated heterocycles. The molecule has 0 aromatic heterocycles. The SMILES string of the molecule is Cc1ccccc1C(=O)NNC(=O)CCNS(=O)(=O)c1ccc(Cl)cc1. The van der Waals surface area contributed by atoms with Gasteiger partial charge in [0.2, 0.25) is 15.9 Å². The van der Waals surface area contributed by atoms with Crippen LogP contribution in [0.2, 0.25) is 5.02 Å². The quantitative estimate of drug-likeness (QED) is 0.648. The van der Waals surface area contributed by atoms with Gasteiger partial charge in [-0.3, -0.25) is 20.4 Å². The van der Waals surface area contributed by atoms with Crippen LogP contribution < -0.4 is 15.6 Å². The van der Waals surface area contributed by atoms with E-state index < -0.39 is 21.8 Å². The number of hydrazine groups is 1. The van der Waals surface area contributed by atoms with Crippen LogP contribution in [0.4, 0.5) is 0 Å². The highest BCUT2D eigenvalue weighted by atomic mass is 35.5. The fourth-order valence-electron chi connectivity index (χ4n) is 2.08. The molecule has 0 bridgehead atoms. The molecule has 2 rings (SSSR count). The van der Waals surface area contributed by atoms with Crippen molar-refractivity contribution in [1.82, 2.24) is 15.6 Å². The van der Waals surface area contributed by atoms with Gasteiger partial charge in [-0.15, -0.1) is 0 Å². The van der Waals surface area contributed by atoms with Crippen molar-refractivity contribution in [1.29, 1.82) is 0 Å². The molecular weight excluding hydrogens is 378 g/mol. The van der Waals surface area contributed by atoms with Gasteiger partial charge in [-0.1, -0.05) is 29.8 Å². The largest absolute Gasteiger partial charge is 0.273 e. The molecule has 0 heterocycles. The van der Waals surface area contributed by atoms with E-state index in [2.05, 4.69) is 15.6 Å². The fraction of sp³-hybridized carbons (Fsp3) is 0.176. The Bertz CT molecular complexity index is 898. The van der Waals surface area contributed by atoms with E-state index in [1.807, 2.05) is 0 Å². The van der Waals surface area contributed by atoms with Gasteiger partial charge in [0.1, 0.15) is 0 Å². The van der Waals surface area contributed by atoms with E-state index in [1.54, 1.807) is 31.2 Å². The molecular formula is C17H18ClN3O4S. The molecule has 0 unspecified atom stereocenters. The maximum Gasteiger partial charge on any atom is 0.269 e. The third-order valence-electron chi connectivity index (χ3n) is 3.47. The van der Waals surface area contributed by atoms with Gasteiger partial charge < -0.3 is 0 Å². The van der Waals surface area contributed by atoms with Gasteiger partial charge >= 0.3 is 0 Å². The second kappa shape index (κ2) is 8.79. The van der Waals surface area contributed by atoms with Gasteiger partial charge in [-0.2, -0.15) is 0 Å². The zero-order valence-corrected chi connectivity index (χ0v) is 15.5. The fourth-order valence-corrected chi connectivity index (χ4v) is 3.24. The summed E-state index contributed by atoms with van der Waals surface area (Å²) in [6, 6.07) is 12.6. The Hall–Kier alpha value is -2.42. The molecule has 0 radical (unpaired) electrons. The number of rotatable bonds is 6. The number of sulfonamides is 1. The third kappa shape index (κ3) is 5.55. The summed E-state index contributed by atoms with van der Waals surface area (Å²) in [5.74, 6) is -0.969. The first kappa shape index (κ1) is 19.9. The van der Waals surface area contributed by atoms with E-state index in [0.717, 1.165) is 5.56 Å². The topological polar surface area (TPSA) is 104 Å². The summed E-state index contributed by atoms with van der Waals surface area (Å²) < 4.78 is 26.4. The highest BCUT2D eigenvalue weighted by Gasteiger charge is 2.14. The average Bonchev–Trinajstić information content (AvgIpc) is 2.60. The molecule has 7 nitrogen and oxygen atoms in total. The van der Waals surface area contributed by atoms with Crippen LogP contribution in [-0.4, -0.2) is 26.8 Å². The van der Waals surface area contributed by atoms with Crippen LogP contribution in [0.1, 0.15) is 22.3 Å². The summed E-state index contributed by atoms with van der Waals surface area (Å²) in [5, 5.41) is 0.424. The van der Waals surface area contributed by atoms with E-state index in [9.17, 15) is 18.0 Å². The number of halogens is 1. The van der Waals surface area contributed by atoms with E-state index >= 15 is 0 Å². The Kier molecular flexibility index (Phi) is 6.73. The molecule has 3 N–H and O–H groups in total. The van der Waals surface area contributed by atoms with Crippen molar-refractivity contribution in [2.24, 2.45) is 0 Å². The van der Waals surface area contributed by atoms with Crippen LogP contribution in [0.25, 0.3) is 0 Å². The lowest BCUT2D eigenvalue weighted by Crippen LogP contribution is -2.43. The van der Waals surface area contributed by atoms with Gasteiger partial charge in [0, 0.05) is 23.6 Å². The number of carbonyl (C=O) groups is 2. The molecule has 2 aromatic carbocycles. The number of aryl methyl sites for hydroxylation is 1. The summed E-state index contributed by atoms with van der Waals surface area (Å²) in [4.78, 5) is 23.8. The minimum Gasteiger partial charge on any atom is -0.273 e. The van der Waals surface area contributed by atoms with Crippen molar-refractivity contribution in [3.8, 4) is 0 Å². The molecule has 0 aliphatic carbocycles. The van der Waals surface area contributed by atoms with Gasteiger partial charge in [0.25, 0.3) is 5.91 Å². The van der Waals surface area contributed by atoms with Crippen molar-refractivity contribution in [2.75, 3.05) is 6.54 Å². The lowest BCUT2D eigenvalue weighted by Gasteiger charge is -2.10.